The number of hydrogen-bond acceptors (Lipinski definition) is 5. The summed E-state index contributed by atoms with van der Waals surface area (Å²) in [5.74, 6) is 0.597. The Hall–Kier alpha value is -1.72. The number of ether oxygens (including phenoxy) is 1. The highest BCUT2D eigenvalue weighted by Gasteiger charge is 2.27. The van der Waals surface area contributed by atoms with Gasteiger partial charge in [0.2, 0.25) is 0 Å². The van der Waals surface area contributed by atoms with Crippen LogP contribution in [0.3, 0.4) is 0 Å². The standard InChI is InChI=1S/C9H11N3O3/c1-15-9(14)6-2-3-7-10-11-8(5-13)12(7)4-6/h5-6H,2-4H2,1H3. The summed E-state index contributed by atoms with van der Waals surface area (Å²) in [6.45, 7) is 0.434. The molecule has 0 bridgehead atoms. The van der Waals surface area contributed by atoms with E-state index in [9.17, 15) is 9.59 Å². The number of nitrogens with zero attached hydrogens (tertiary/aromatic N) is 3. The Balaban J connectivity index is 2.24. The molecule has 0 N–H and O–H groups in total. The van der Waals surface area contributed by atoms with E-state index in [1.165, 1.54) is 7.11 Å². The molecule has 6 nitrogen and oxygen atoms in total. The summed E-state index contributed by atoms with van der Waals surface area (Å²) in [6.07, 6.45) is 2.00. The van der Waals surface area contributed by atoms with E-state index in [-0.39, 0.29) is 17.7 Å². The average Bonchev–Trinajstić information content (AvgIpc) is 2.69. The molecule has 1 aliphatic heterocycles. The zero-order chi connectivity index (χ0) is 10.8. The molecule has 1 unspecified atom stereocenters. The Morgan fingerprint density at radius 1 is 1.60 bits per heavy atom. The summed E-state index contributed by atoms with van der Waals surface area (Å²) >= 11 is 0. The summed E-state index contributed by atoms with van der Waals surface area (Å²) in [5, 5.41) is 7.61. The Morgan fingerprint density at radius 3 is 3.07 bits per heavy atom. The average molecular weight is 209 g/mol. The van der Waals surface area contributed by atoms with Crippen LogP contribution in [0, 0.1) is 5.92 Å². The van der Waals surface area contributed by atoms with E-state index in [1.54, 1.807) is 4.57 Å². The zero-order valence-corrected chi connectivity index (χ0v) is 8.34. The van der Waals surface area contributed by atoms with Crippen molar-refractivity contribution in [3.63, 3.8) is 0 Å². The van der Waals surface area contributed by atoms with Crippen LogP contribution >= 0.6 is 0 Å². The van der Waals surface area contributed by atoms with Crippen LogP contribution in [0.2, 0.25) is 0 Å². The molecule has 15 heavy (non-hydrogen) atoms. The van der Waals surface area contributed by atoms with Gasteiger partial charge in [0, 0.05) is 13.0 Å². The maximum atomic E-state index is 11.3. The molecular formula is C9H11N3O3. The van der Waals surface area contributed by atoms with Crippen LogP contribution < -0.4 is 0 Å². The van der Waals surface area contributed by atoms with Crippen molar-refractivity contribution in [1.29, 1.82) is 0 Å². The molecule has 0 aromatic carbocycles. The monoisotopic (exact) mass is 209 g/mol. The lowest BCUT2D eigenvalue weighted by molar-refractivity contribution is -0.146. The van der Waals surface area contributed by atoms with E-state index in [1.807, 2.05) is 0 Å². The lowest BCUT2D eigenvalue weighted by Gasteiger charge is -2.21. The molecular weight excluding hydrogens is 198 g/mol. The third kappa shape index (κ3) is 1.62. The first-order valence-electron chi connectivity index (χ1n) is 4.71. The van der Waals surface area contributed by atoms with Crippen LogP contribution in [0.25, 0.3) is 0 Å². The van der Waals surface area contributed by atoms with Gasteiger partial charge in [0.05, 0.1) is 13.0 Å². The predicted molar refractivity (Wildman–Crippen MR) is 49.2 cm³/mol. The summed E-state index contributed by atoms with van der Waals surface area (Å²) in [7, 11) is 1.37. The summed E-state index contributed by atoms with van der Waals surface area (Å²) in [6, 6.07) is 0. The Kier molecular flexibility index (Phi) is 2.49. The maximum Gasteiger partial charge on any atom is 0.310 e. The third-order valence-electron chi connectivity index (χ3n) is 2.62. The van der Waals surface area contributed by atoms with Crippen LogP contribution in [0.1, 0.15) is 22.9 Å². The van der Waals surface area contributed by atoms with Crippen molar-refractivity contribution >= 4 is 12.3 Å². The molecule has 2 heterocycles. The van der Waals surface area contributed by atoms with Gasteiger partial charge >= 0.3 is 5.97 Å². The van der Waals surface area contributed by atoms with E-state index in [2.05, 4.69) is 14.9 Å². The molecule has 6 heteroatoms. The Labute approximate surface area is 86.2 Å². The van der Waals surface area contributed by atoms with Gasteiger partial charge in [-0.05, 0) is 6.42 Å². The van der Waals surface area contributed by atoms with Crippen molar-refractivity contribution in [1.82, 2.24) is 14.8 Å². The highest BCUT2D eigenvalue weighted by molar-refractivity contribution is 5.73. The van der Waals surface area contributed by atoms with Crippen LogP contribution in [0.15, 0.2) is 0 Å². The van der Waals surface area contributed by atoms with E-state index in [0.29, 0.717) is 25.7 Å². The molecule has 1 atom stereocenters. The molecule has 0 saturated carbocycles. The van der Waals surface area contributed by atoms with Crippen molar-refractivity contribution in [3.8, 4) is 0 Å². The zero-order valence-electron chi connectivity index (χ0n) is 8.34. The van der Waals surface area contributed by atoms with Gasteiger partial charge in [-0.3, -0.25) is 9.59 Å². The second-order valence-electron chi connectivity index (χ2n) is 3.46. The first-order chi connectivity index (χ1) is 7.26. The topological polar surface area (TPSA) is 74.1 Å². The molecule has 80 valence electrons. The smallest absolute Gasteiger partial charge is 0.310 e. The van der Waals surface area contributed by atoms with Crippen molar-refractivity contribution in [2.24, 2.45) is 5.92 Å². The molecule has 1 aliphatic rings. The molecule has 0 aliphatic carbocycles. The fourth-order valence-corrected chi connectivity index (χ4v) is 1.79. The largest absolute Gasteiger partial charge is 0.469 e. The number of aromatic nitrogens is 3. The first-order valence-corrected chi connectivity index (χ1v) is 4.71. The lowest BCUT2D eigenvalue weighted by atomic mass is 9.99. The number of rotatable bonds is 2. The van der Waals surface area contributed by atoms with E-state index >= 15 is 0 Å². The number of aryl methyl sites for hydroxylation is 1. The normalized spacial score (nSPS) is 19.4. The van der Waals surface area contributed by atoms with Gasteiger partial charge in [-0.15, -0.1) is 10.2 Å². The molecule has 0 amide bonds. The molecule has 1 aromatic heterocycles. The van der Waals surface area contributed by atoms with Gasteiger partial charge < -0.3 is 9.30 Å². The molecule has 2 rings (SSSR count). The van der Waals surface area contributed by atoms with Gasteiger partial charge in [0.15, 0.2) is 12.1 Å². The Bertz CT molecular complexity index is 399. The van der Waals surface area contributed by atoms with Crippen molar-refractivity contribution < 1.29 is 14.3 Å². The maximum absolute atomic E-state index is 11.3. The van der Waals surface area contributed by atoms with E-state index < -0.39 is 0 Å². The van der Waals surface area contributed by atoms with Crippen LogP contribution in [0.5, 0.6) is 0 Å². The number of methoxy groups -OCH3 is 1. The number of carbonyl (C=O) groups is 2. The van der Waals surface area contributed by atoms with Crippen molar-refractivity contribution in [3.05, 3.63) is 11.6 Å². The summed E-state index contributed by atoms with van der Waals surface area (Å²) < 4.78 is 6.35. The van der Waals surface area contributed by atoms with Crippen LogP contribution in [-0.2, 0) is 22.5 Å². The van der Waals surface area contributed by atoms with E-state index in [0.717, 1.165) is 5.82 Å². The minimum absolute atomic E-state index is 0.197. The van der Waals surface area contributed by atoms with Gasteiger partial charge in [0.25, 0.3) is 0 Å². The van der Waals surface area contributed by atoms with Crippen molar-refractivity contribution in [2.75, 3.05) is 7.11 Å². The lowest BCUT2D eigenvalue weighted by Crippen LogP contribution is -2.28. The van der Waals surface area contributed by atoms with Gasteiger partial charge in [-0.25, -0.2) is 0 Å². The second kappa shape index (κ2) is 3.80. The van der Waals surface area contributed by atoms with E-state index in [4.69, 9.17) is 0 Å². The number of esters is 1. The minimum atomic E-state index is -0.244. The van der Waals surface area contributed by atoms with Crippen molar-refractivity contribution in [2.45, 2.75) is 19.4 Å². The third-order valence-corrected chi connectivity index (χ3v) is 2.62. The van der Waals surface area contributed by atoms with Gasteiger partial charge in [-0.1, -0.05) is 0 Å². The molecule has 1 aromatic rings. The van der Waals surface area contributed by atoms with Crippen LogP contribution in [0.4, 0.5) is 0 Å². The quantitative estimate of drug-likeness (QED) is 0.499. The Morgan fingerprint density at radius 2 is 2.40 bits per heavy atom. The highest BCUT2D eigenvalue weighted by Crippen LogP contribution is 2.20. The molecule has 0 saturated heterocycles. The summed E-state index contributed by atoms with van der Waals surface area (Å²) in [5.41, 5.74) is 0. The first kappa shape index (κ1) is 9.82. The number of carbonyl (C=O) groups excluding carboxylic acids is 2. The number of aldehydes is 1. The fourth-order valence-electron chi connectivity index (χ4n) is 1.79. The van der Waals surface area contributed by atoms with Crippen LogP contribution in [-0.4, -0.2) is 34.1 Å². The SMILES string of the molecule is COC(=O)C1CCc2nnc(C=O)n2C1. The number of hydrogen-bond donors (Lipinski definition) is 0. The van der Waals surface area contributed by atoms with Gasteiger partial charge in [-0.2, -0.15) is 0 Å². The number of fused-ring (bicyclic) bond motifs is 1. The molecule has 0 radical (unpaired) electrons. The fraction of sp³-hybridized carbons (Fsp3) is 0.556. The van der Waals surface area contributed by atoms with Gasteiger partial charge in [0.1, 0.15) is 5.82 Å². The molecule has 0 spiro atoms. The predicted octanol–water partition coefficient (Wildman–Crippen LogP) is -0.174. The molecule has 0 fully saturated rings. The summed E-state index contributed by atoms with van der Waals surface area (Å²) in [4.78, 5) is 22.0. The minimum Gasteiger partial charge on any atom is -0.469 e. The highest BCUT2D eigenvalue weighted by atomic mass is 16.5. The second-order valence-corrected chi connectivity index (χ2v) is 3.46.